The minimum Gasteiger partial charge on any atom is -0.394 e. The number of rotatable bonds is 5. The second kappa shape index (κ2) is 6.68. The second-order valence-corrected chi connectivity index (χ2v) is 6.22. The van der Waals surface area contributed by atoms with Crippen LogP contribution in [0, 0.1) is 0 Å². The van der Waals surface area contributed by atoms with Gasteiger partial charge in [-0.2, -0.15) is 0 Å². The molecule has 2 N–H and O–H groups in total. The van der Waals surface area contributed by atoms with E-state index in [0.717, 1.165) is 16.6 Å². The lowest BCUT2D eigenvalue weighted by atomic mass is 10.1. The number of hydrogen-bond donors (Lipinski definition) is 2. The third-order valence-corrected chi connectivity index (χ3v) is 4.33. The number of nitrogens with one attached hydrogen (secondary N) is 1. The fourth-order valence-electron chi connectivity index (χ4n) is 1.69. The SMILES string of the molecule is OCC(NCc1cccs1)c1cc(Br)ccc1Cl. The molecule has 18 heavy (non-hydrogen) atoms. The summed E-state index contributed by atoms with van der Waals surface area (Å²) < 4.78 is 0.957. The number of thiophene rings is 1. The van der Waals surface area contributed by atoms with Crippen molar-refractivity contribution < 1.29 is 5.11 Å². The summed E-state index contributed by atoms with van der Waals surface area (Å²) in [5.41, 5.74) is 0.907. The zero-order valence-corrected chi connectivity index (χ0v) is 12.7. The summed E-state index contributed by atoms with van der Waals surface area (Å²) in [5, 5.41) is 15.5. The number of halogens is 2. The Morgan fingerprint density at radius 3 is 2.89 bits per heavy atom. The van der Waals surface area contributed by atoms with Crippen molar-refractivity contribution in [2.24, 2.45) is 0 Å². The van der Waals surface area contributed by atoms with E-state index in [1.807, 2.05) is 29.6 Å². The minimum atomic E-state index is -0.155. The molecule has 2 aromatic rings. The molecule has 96 valence electrons. The third-order valence-electron chi connectivity index (χ3n) is 2.62. The molecule has 0 fully saturated rings. The maximum atomic E-state index is 9.49. The molecule has 1 aromatic heterocycles. The Hall–Kier alpha value is -0.390. The Balaban J connectivity index is 2.10. The van der Waals surface area contributed by atoms with E-state index in [1.165, 1.54) is 4.88 Å². The predicted octanol–water partition coefficient (Wildman–Crippen LogP) is 3.99. The molecule has 2 rings (SSSR count). The number of aliphatic hydroxyl groups excluding tert-OH is 1. The highest BCUT2D eigenvalue weighted by Gasteiger charge is 2.14. The molecule has 0 bridgehead atoms. The van der Waals surface area contributed by atoms with Crippen molar-refractivity contribution in [3.05, 3.63) is 55.6 Å². The van der Waals surface area contributed by atoms with Crippen LogP contribution in [0.25, 0.3) is 0 Å². The maximum absolute atomic E-state index is 9.49. The quantitative estimate of drug-likeness (QED) is 0.858. The summed E-state index contributed by atoms with van der Waals surface area (Å²) in [6.07, 6.45) is 0. The van der Waals surface area contributed by atoms with Crippen molar-refractivity contribution in [2.45, 2.75) is 12.6 Å². The topological polar surface area (TPSA) is 32.3 Å². The highest BCUT2D eigenvalue weighted by molar-refractivity contribution is 9.10. The molecular formula is C13H13BrClNOS. The van der Waals surface area contributed by atoms with Crippen LogP contribution in [0.15, 0.2) is 40.2 Å². The van der Waals surface area contributed by atoms with Crippen LogP contribution in [0.2, 0.25) is 5.02 Å². The normalized spacial score (nSPS) is 12.6. The molecule has 0 amide bonds. The van der Waals surface area contributed by atoms with Crippen molar-refractivity contribution >= 4 is 38.9 Å². The van der Waals surface area contributed by atoms with Gasteiger partial charge in [0.15, 0.2) is 0 Å². The molecule has 0 saturated heterocycles. The van der Waals surface area contributed by atoms with Crippen LogP contribution in [-0.2, 0) is 6.54 Å². The van der Waals surface area contributed by atoms with Gasteiger partial charge in [-0.25, -0.2) is 0 Å². The van der Waals surface area contributed by atoms with Gasteiger partial charge < -0.3 is 10.4 Å². The summed E-state index contributed by atoms with van der Waals surface area (Å²) in [7, 11) is 0. The lowest BCUT2D eigenvalue weighted by Gasteiger charge is -2.18. The third kappa shape index (κ3) is 3.56. The van der Waals surface area contributed by atoms with E-state index in [0.29, 0.717) is 5.02 Å². The molecule has 0 aliphatic carbocycles. The summed E-state index contributed by atoms with van der Waals surface area (Å²) in [6.45, 7) is 0.743. The molecule has 5 heteroatoms. The summed E-state index contributed by atoms with van der Waals surface area (Å²) in [5.74, 6) is 0. The summed E-state index contributed by atoms with van der Waals surface area (Å²) >= 11 is 11.3. The molecule has 1 heterocycles. The number of benzene rings is 1. The molecule has 0 saturated carbocycles. The molecule has 0 aliphatic heterocycles. The van der Waals surface area contributed by atoms with E-state index in [-0.39, 0.29) is 12.6 Å². The first-order valence-electron chi connectivity index (χ1n) is 5.52. The van der Waals surface area contributed by atoms with Gasteiger partial charge in [-0.15, -0.1) is 11.3 Å². The van der Waals surface area contributed by atoms with Gasteiger partial charge in [0.2, 0.25) is 0 Å². The average molecular weight is 347 g/mol. The Morgan fingerprint density at radius 1 is 1.39 bits per heavy atom. The standard InChI is InChI=1S/C13H13BrClNOS/c14-9-3-4-12(15)11(6-9)13(8-17)16-7-10-2-1-5-18-10/h1-6,13,16-17H,7-8H2. The number of hydrogen-bond acceptors (Lipinski definition) is 3. The molecule has 1 atom stereocenters. The van der Waals surface area contributed by atoms with Gasteiger partial charge in [-0.05, 0) is 35.2 Å². The van der Waals surface area contributed by atoms with Crippen LogP contribution >= 0.6 is 38.9 Å². The van der Waals surface area contributed by atoms with Crippen LogP contribution in [0.5, 0.6) is 0 Å². The lowest BCUT2D eigenvalue weighted by molar-refractivity contribution is 0.244. The first-order valence-corrected chi connectivity index (χ1v) is 7.57. The van der Waals surface area contributed by atoms with Gasteiger partial charge in [0.05, 0.1) is 12.6 Å². The Kier molecular flexibility index (Phi) is 5.21. The van der Waals surface area contributed by atoms with Gasteiger partial charge in [-0.3, -0.25) is 0 Å². The van der Waals surface area contributed by atoms with Crippen molar-refractivity contribution in [2.75, 3.05) is 6.61 Å². The first-order chi connectivity index (χ1) is 8.70. The molecular weight excluding hydrogens is 334 g/mol. The Bertz CT molecular complexity index is 504. The van der Waals surface area contributed by atoms with E-state index in [2.05, 4.69) is 27.3 Å². The van der Waals surface area contributed by atoms with E-state index in [1.54, 1.807) is 11.3 Å². The average Bonchev–Trinajstić information content (AvgIpc) is 2.87. The predicted molar refractivity (Wildman–Crippen MR) is 80.1 cm³/mol. The molecule has 0 radical (unpaired) electrons. The van der Waals surface area contributed by atoms with Gasteiger partial charge in [0.25, 0.3) is 0 Å². The molecule has 0 aliphatic rings. The van der Waals surface area contributed by atoms with Crippen LogP contribution in [-0.4, -0.2) is 11.7 Å². The highest BCUT2D eigenvalue weighted by Crippen LogP contribution is 2.26. The van der Waals surface area contributed by atoms with Gasteiger partial charge >= 0.3 is 0 Å². The zero-order valence-electron chi connectivity index (χ0n) is 9.57. The highest BCUT2D eigenvalue weighted by atomic mass is 79.9. The van der Waals surface area contributed by atoms with Gasteiger partial charge in [-0.1, -0.05) is 33.6 Å². The first kappa shape index (κ1) is 14.0. The second-order valence-electron chi connectivity index (χ2n) is 3.86. The van der Waals surface area contributed by atoms with Crippen LogP contribution in [0.1, 0.15) is 16.5 Å². The van der Waals surface area contributed by atoms with Crippen LogP contribution in [0.3, 0.4) is 0 Å². The van der Waals surface area contributed by atoms with Crippen molar-refractivity contribution in [1.29, 1.82) is 0 Å². The van der Waals surface area contributed by atoms with Crippen LogP contribution < -0.4 is 5.32 Å². The Labute approximate surface area is 124 Å². The fourth-order valence-corrected chi connectivity index (χ4v) is 2.98. The summed E-state index contributed by atoms with van der Waals surface area (Å²) in [4.78, 5) is 1.24. The zero-order chi connectivity index (χ0) is 13.0. The maximum Gasteiger partial charge on any atom is 0.0627 e. The van der Waals surface area contributed by atoms with Crippen molar-refractivity contribution in [3.63, 3.8) is 0 Å². The van der Waals surface area contributed by atoms with E-state index >= 15 is 0 Å². The lowest BCUT2D eigenvalue weighted by Crippen LogP contribution is -2.23. The fraction of sp³-hybridized carbons (Fsp3) is 0.231. The monoisotopic (exact) mass is 345 g/mol. The van der Waals surface area contributed by atoms with Gasteiger partial charge in [0.1, 0.15) is 0 Å². The van der Waals surface area contributed by atoms with Crippen molar-refractivity contribution in [1.82, 2.24) is 5.32 Å². The molecule has 1 aromatic carbocycles. The van der Waals surface area contributed by atoms with E-state index in [9.17, 15) is 5.11 Å². The summed E-state index contributed by atoms with van der Waals surface area (Å²) in [6, 6.07) is 9.58. The molecule has 2 nitrogen and oxygen atoms in total. The van der Waals surface area contributed by atoms with Crippen LogP contribution in [0.4, 0.5) is 0 Å². The number of aliphatic hydroxyl groups is 1. The Morgan fingerprint density at radius 2 is 2.22 bits per heavy atom. The molecule has 0 spiro atoms. The molecule has 1 unspecified atom stereocenters. The van der Waals surface area contributed by atoms with E-state index in [4.69, 9.17) is 11.6 Å². The van der Waals surface area contributed by atoms with Gasteiger partial charge in [0, 0.05) is 20.9 Å². The minimum absolute atomic E-state index is 0.0154. The largest absolute Gasteiger partial charge is 0.394 e. The smallest absolute Gasteiger partial charge is 0.0627 e. The van der Waals surface area contributed by atoms with Crippen molar-refractivity contribution in [3.8, 4) is 0 Å². The van der Waals surface area contributed by atoms with E-state index < -0.39 is 0 Å².